The molecule has 3 nitrogen and oxygen atoms in total. The van der Waals surface area contributed by atoms with Crippen LogP contribution in [0.4, 0.5) is 11.4 Å². The summed E-state index contributed by atoms with van der Waals surface area (Å²) in [6, 6.07) is 11.9. The molecule has 2 N–H and O–H groups in total. The van der Waals surface area contributed by atoms with Crippen LogP contribution in [0.1, 0.15) is 6.42 Å². The third kappa shape index (κ3) is 2.15. The van der Waals surface area contributed by atoms with Crippen molar-refractivity contribution in [3.63, 3.8) is 0 Å². The van der Waals surface area contributed by atoms with Crippen LogP contribution in [0.2, 0.25) is 0 Å². The van der Waals surface area contributed by atoms with Crippen molar-refractivity contribution in [2.24, 2.45) is 5.92 Å². The van der Waals surface area contributed by atoms with Gasteiger partial charge in [0, 0.05) is 18.8 Å². The molecule has 0 spiro atoms. The number of alkyl halides is 1. The molecule has 2 aromatic carbocycles. The number of carbonyl (C=O) groups excluding carboxylic acids is 1. The van der Waals surface area contributed by atoms with E-state index in [1.54, 1.807) is 4.90 Å². The number of rotatable bonds is 2. The first-order valence-electron chi connectivity index (χ1n) is 6.33. The lowest BCUT2D eigenvalue weighted by atomic mass is 10.1. The fourth-order valence-electron chi connectivity index (χ4n) is 2.60. The molecule has 19 heavy (non-hydrogen) atoms. The number of hydrogen-bond donors (Lipinski definition) is 1. The summed E-state index contributed by atoms with van der Waals surface area (Å²) < 4.78 is 0. The van der Waals surface area contributed by atoms with Gasteiger partial charge in [-0.3, -0.25) is 4.79 Å². The van der Waals surface area contributed by atoms with Gasteiger partial charge in [-0.15, -0.1) is 11.6 Å². The van der Waals surface area contributed by atoms with Crippen LogP contribution in [-0.2, 0) is 4.79 Å². The fourth-order valence-corrected chi connectivity index (χ4v) is 2.80. The minimum absolute atomic E-state index is 0.104. The van der Waals surface area contributed by atoms with Gasteiger partial charge in [0.1, 0.15) is 0 Å². The van der Waals surface area contributed by atoms with Crippen LogP contribution in [-0.4, -0.2) is 18.3 Å². The van der Waals surface area contributed by atoms with Crippen molar-refractivity contribution in [3.05, 3.63) is 36.4 Å². The molecular weight excluding hydrogens is 260 g/mol. The number of fused-ring (bicyclic) bond motifs is 1. The molecule has 98 valence electrons. The highest BCUT2D eigenvalue weighted by atomic mass is 35.5. The van der Waals surface area contributed by atoms with Gasteiger partial charge in [-0.05, 0) is 28.8 Å². The molecule has 1 saturated heterocycles. The summed E-state index contributed by atoms with van der Waals surface area (Å²) >= 11 is 5.85. The highest BCUT2D eigenvalue weighted by Crippen LogP contribution is 2.33. The smallest absolute Gasteiger partial charge is 0.227 e. The Morgan fingerprint density at radius 2 is 1.95 bits per heavy atom. The molecule has 1 amide bonds. The standard InChI is InChI=1S/C15H15ClN2O/c16-8-10-5-15(19)18(9-10)14-7-12-4-2-1-3-11(12)6-13(14)17/h1-4,6-7,10H,5,8-9,17H2. The van der Waals surface area contributed by atoms with Crippen molar-refractivity contribution >= 4 is 39.7 Å². The molecule has 1 aliphatic heterocycles. The number of nitrogens with two attached hydrogens (primary N) is 1. The van der Waals surface area contributed by atoms with E-state index in [0.717, 1.165) is 16.5 Å². The molecule has 2 aromatic rings. The summed E-state index contributed by atoms with van der Waals surface area (Å²) in [4.78, 5) is 13.8. The average molecular weight is 275 g/mol. The van der Waals surface area contributed by atoms with Crippen LogP contribution < -0.4 is 10.6 Å². The zero-order valence-electron chi connectivity index (χ0n) is 10.5. The van der Waals surface area contributed by atoms with Crippen molar-refractivity contribution < 1.29 is 4.79 Å². The molecule has 1 heterocycles. The maximum atomic E-state index is 12.0. The lowest BCUT2D eigenvalue weighted by molar-refractivity contribution is -0.117. The van der Waals surface area contributed by atoms with E-state index in [2.05, 4.69) is 0 Å². The monoisotopic (exact) mass is 274 g/mol. The number of anilines is 2. The second kappa shape index (κ2) is 4.74. The third-order valence-corrected chi connectivity index (χ3v) is 4.05. The number of carbonyl (C=O) groups is 1. The van der Waals surface area contributed by atoms with Crippen LogP contribution in [0.3, 0.4) is 0 Å². The third-order valence-electron chi connectivity index (χ3n) is 3.61. The molecule has 1 unspecified atom stereocenters. The number of hydrogen-bond acceptors (Lipinski definition) is 2. The van der Waals surface area contributed by atoms with Gasteiger partial charge in [0.25, 0.3) is 0 Å². The van der Waals surface area contributed by atoms with Crippen molar-refractivity contribution in [1.82, 2.24) is 0 Å². The molecule has 4 heteroatoms. The summed E-state index contributed by atoms with van der Waals surface area (Å²) in [5.41, 5.74) is 7.53. The van der Waals surface area contributed by atoms with E-state index in [9.17, 15) is 4.79 Å². The number of halogens is 1. The highest BCUT2D eigenvalue weighted by Gasteiger charge is 2.31. The van der Waals surface area contributed by atoms with E-state index in [1.165, 1.54) is 0 Å². The summed E-state index contributed by atoms with van der Waals surface area (Å²) in [5, 5.41) is 2.18. The molecule has 0 radical (unpaired) electrons. The number of benzene rings is 2. The minimum Gasteiger partial charge on any atom is -0.397 e. The zero-order valence-corrected chi connectivity index (χ0v) is 11.2. The zero-order chi connectivity index (χ0) is 13.4. The summed E-state index contributed by atoms with van der Waals surface area (Å²) in [6.45, 7) is 0.658. The van der Waals surface area contributed by atoms with Gasteiger partial charge in [-0.25, -0.2) is 0 Å². The van der Waals surface area contributed by atoms with Gasteiger partial charge in [0.2, 0.25) is 5.91 Å². The predicted octanol–water partition coefficient (Wildman–Crippen LogP) is 3.01. The molecule has 0 saturated carbocycles. The SMILES string of the molecule is Nc1cc2ccccc2cc1N1CC(CCl)CC1=O. The molecule has 0 bridgehead atoms. The average Bonchev–Trinajstić information content (AvgIpc) is 2.79. The summed E-state index contributed by atoms with van der Waals surface area (Å²) in [7, 11) is 0. The van der Waals surface area contributed by atoms with Crippen molar-refractivity contribution in [3.8, 4) is 0 Å². The maximum absolute atomic E-state index is 12.0. The van der Waals surface area contributed by atoms with Crippen LogP contribution in [0.25, 0.3) is 10.8 Å². The van der Waals surface area contributed by atoms with Gasteiger partial charge in [0.05, 0.1) is 11.4 Å². The lowest BCUT2D eigenvalue weighted by Gasteiger charge is -2.19. The van der Waals surface area contributed by atoms with Crippen molar-refractivity contribution in [2.75, 3.05) is 23.1 Å². The lowest BCUT2D eigenvalue weighted by Crippen LogP contribution is -2.25. The molecule has 3 rings (SSSR count). The Kier molecular flexibility index (Phi) is 3.07. The molecule has 0 aliphatic carbocycles. The summed E-state index contributed by atoms with van der Waals surface area (Å²) in [6.07, 6.45) is 0.510. The van der Waals surface area contributed by atoms with Gasteiger partial charge < -0.3 is 10.6 Å². The molecule has 1 fully saturated rings. The van der Waals surface area contributed by atoms with Gasteiger partial charge in [-0.2, -0.15) is 0 Å². The number of nitrogens with zero attached hydrogens (tertiary/aromatic N) is 1. The normalized spacial score (nSPS) is 19.3. The Morgan fingerprint density at radius 3 is 2.58 bits per heavy atom. The predicted molar refractivity (Wildman–Crippen MR) is 79.5 cm³/mol. The maximum Gasteiger partial charge on any atom is 0.227 e. The van der Waals surface area contributed by atoms with E-state index in [0.29, 0.717) is 24.5 Å². The van der Waals surface area contributed by atoms with Crippen LogP contribution in [0, 0.1) is 5.92 Å². The Bertz CT molecular complexity index is 641. The first-order chi connectivity index (χ1) is 9.19. The summed E-state index contributed by atoms with van der Waals surface area (Å²) in [5.74, 6) is 0.836. The molecule has 1 aliphatic rings. The fraction of sp³-hybridized carbons (Fsp3) is 0.267. The first kappa shape index (κ1) is 12.3. The Hall–Kier alpha value is -1.74. The van der Waals surface area contributed by atoms with E-state index in [1.807, 2.05) is 36.4 Å². The first-order valence-corrected chi connectivity index (χ1v) is 6.87. The van der Waals surface area contributed by atoms with Gasteiger partial charge >= 0.3 is 0 Å². The van der Waals surface area contributed by atoms with Crippen LogP contribution in [0.5, 0.6) is 0 Å². The Balaban J connectivity index is 2.05. The quantitative estimate of drug-likeness (QED) is 0.676. The van der Waals surface area contributed by atoms with Crippen LogP contribution in [0.15, 0.2) is 36.4 Å². The van der Waals surface area contributed by atoms with Gasteiger partial charge in [0.15, 0.2) is 0 Å². The second-order valence-corrected chi connectivity index (χ2v) is 5.30. The van der Waals surface area contributed by atoms with Crippen molar-refractivity contribution in [1.29, 1.82) is 0 Å². The number of amides is 1. The highest BCUT2D eigenvalue weighted by molar-refractivity contribution is 6.18. The van der Waals surface area contributed by atoms with E-state index >= 15 is 0 Å². The van der Waals surface area contributed by atoms with E-state index < -0.39 is 0 Å². The topological polar surface area (TPSA) is 46.3 Å². The molecule has 0 aromatic heterocycles. The molecule has 1 atom stereocenters. The number of nitrogen functional groups attached to an aromatic ring is 1. The minimum atomic E-state index is 0.104. The van der Waals surface area contributed by atoms with Gasteiger partial charge in [-0.1, -0.05) is 24.3 Å². The Morgan fingerprint density at radius 1 is 1.26 bits per heavy atom. The van der Waals surface area contributed by atoms with E-state index in [4.69, 9.17) is 17.3 Å². The van der Waals surface area contributed by atoms with Crippen molar-refractivity contribution in [2.45, 2.75) is 6.42 Å². The molecular formula is C15H15ClN2O. The van der Waals surface area contributed by atoms with Crippen LogP contribution >= 0.6 is 11.6 Å². The Labute approximate surface area is 116 Å². The second-order valence-electron chi connectivity index (χ2n) is 4.99. The van der Waals surface area contributed by atoms with E-state index in [-0.39, 0.29) is 11.8 Å². The largest absolute Gasteiger partial charge is 0.397 e.